The molecule has 7 heteroatoms. The molecule has 4 heterocycles. The average Bonchev–Trinajstić information content (AvgIpc) is 3.29. The monoisotopic (exact) mass is 382 g/mol. The predicted molar refractivity (Wildman–Crippen MR) is 107 cm³/mol. The normalized spacial score (nSPS) is 20.3. The van der Waals surface area contributed by atoms with Crippen LogP contribution in [-0.4, -0.2) is 43.6 Å². The Kier molecular flexibility index (Phi) is 5.19. The summed E-state index contributed by atoms with van der Waals surface area (Å²) in [5.74, 6) is 0.976. The second-order valence-corrected chi connectivity index (χ2v) is 8.17. The number of fused-ring (bicyclic) bond motifs is 1. The van der Waals surface area contributed by atoms with Gasteiger partial charge < -0.3 is 10.2 Å². The Morgan fingerprint density at radius 3 is 2.93 bits per heavy atom. The van der Waals surface area contributed by atoms with E-state index in [-0.39, 0.29) is 18.0 Å². The molecule has 1 fully saturated rings. The van der Waals surface area contributed by atoms with Crippen molar-refractivity contribution in [1.82, 2.24) is 30.0 Å². The van der Waals surface area contributed by atoms with E-state index in [1.54, 1.807) is 0 Å². The quantitative estimate of drug-likeness (QED) is 0.879. The van der Waals surface area contributed by atoms with Gasteiger partial charge in [-0.05, 0) is 46.1 Å². The second kappa shape index (κ2) is 7.62. The fourth-order valence-corrected chi connectivity index (χ4v) is 4.38. The average molecular weight is 383 g/mol. The number of likely N-dealkylation sites (tertiary alicyclic amines) is 1. The molecule has 1 N–H and O–H groups in total. The van der Waals surface area contributed by atoms with Crippen molar-refractivity contribution in [3.8, 4) is 0 Å². The number of aryl methyl sites for hydroxylation is 1. The van der Waals surface area contributed by atoms with Gasteiger partial charge in [-0.3, -0.25) is 9.48 Å². The third-order valence-corrected chi connectivity index (χ3v) is 6.27. The van der Waals surface area contributed by atoms with Gasteiger partial charge in [0.25, 0.3) is 0 Å². The molecule has 1 amide bonds. The van der Waals surface area contributed by atoms with E-state index in [9.17, 15) is 4.79 Å². The molecular weight excluding hydrogens is 352 g/mol. The molecule has 0 bridgehead atoms. The van der Waals surface area contributed by atoms with Crippen molar-refractivity contribution < 1.29 is 4.79 Å². The van der Waals surface area contributed by atoms with E-state index >= 15 is 0 Å². The molecule has 0 saturated carbocycles. The number of hydrogen-bond acceptors (Lipinski definition) is 5. The van der Waals surface area contributed by atoms with Crippen LogP contribution in [-0.2, 0) is 17.8 Å². The highest BCUT2D eigenvalue weighted by Crippen LogP contribution is 2.32. The van der Waals surface area contributed by atoms with Gasteiger partial charge in [0.2, 0.25) is 5.91 Å². The van der Waals surface area contributed by atoms with Gasteiger partial charge in [-0.1, -0.05) is 0 Å². The van der Waals surface area contributed by atoms with Crippen LogP contribution in [0.3, 0.4) is 0 Å². The summed E-state index contributed by atoms with van der Waals surface area (Å²) < 4.78 is 2.00. The van der Waals surface area contributed by atoms with Crippen molar-refractivity contribution in [2.24, 2.45) is 0 Å². The lowest BCUT2D eigenvalue weighted by Gasteiger charge is -2.26. The van der Waals surface area contributed by atoms with Crippen molar-refractivity contribution in [2.75, 3.05) is 13.1 Å². The van der Waals surface area contributed by atoms with E-state index in [1.807, 2.05) is 22.7 Å². The zero-order valence-electron chi connectivity index (χ0n) is 17.3. The fourth-order valence-electron chi connectivity index (χ4n) is 4.38. The Balaban J connectivity index is 1.50. The first kappa shape index (κ1) is 19.1. The maximum absolute atomic E-state index is 13.1. The zero-order valence-corrected chi connectivity index (χ0v) is 17.3. The maximum atomic E-state index is 13.1. The van der Waals surface area contributed by atoms with Crippen molar-refractivity contribution in [1.29, 1.82) is 0 Å². The molecule has 2 aliphatic heterocycles. The summed E-state index contributed by atoms with van der Waals surface area (Å²) in [5, 5.41) is 7.98. The Labute approximate surface area is 166 Å². The SMILES string of the molecule is Cc1nn(C(C)CC(=O)N2CCCC2c2ncc3c(n2)CCNC3)c(C)c1C. The summed E-state index contributed by atoms with van der Waals surface area (Å²) in [5.41, 5.74) is 5.69. The van der Waals surface area contributed by atoms with Gasteiger partial charge in [0, 0.05) is 55.6 Å². The summed E-state index contributed by atoms with van der Waals surface area (Å²) in [4.78, 5) is 24.6. The molecule has 7 nitrogen and oxygen atoms in total. The smallest absolute Gasteiger partial charge is 0.225 e. The van der Waals surface area contributed by atoms with Crippen molar-refractivity contribution in [2.45, 2.75) is 72.0 Å². The second-order valence-electron chi connectivity index (χ2n) is 8.17. The Morgan fingerprint density at radius 1 is 1.36 bits per heavy atom. The van der Waals surface area contributed by atoms with Gasteiger partial charge >= 0.3 is 0 Å². The van der Waals surface area contributed by atoms with Crippen LogP contribution in [0.1, 0.15) is 72.3 Å². The van der Waals surface area contributed by atoms with E-state index in [4.69, 9.17) is 4.98 Å². The van der Waals surface area contributed by atoms with Crippen LogP contribution < -0.4 is 5.32 Å². The van der Waals surface area contributed by atoms with Gasteiger partial charge in [-0.15, -0.1) is 0 Å². The summed E-state index contributed by atoms with van der Waals surface area (Å²) in [6.07, 6.45) is 5.26. The number of nitrogens with zero attached hydrogens (tertiary/aromatic N) is 5. The van der Waals surface area contributed by atoms with Crippen LogP contribution in [0.2, 0.25) is 0 Å². The number of amides is 1. The van der Waals surface area contributed by atoms with Crippen LogP contribution in [0.25, 0.3) is 0 Å². The summed E-state index contributed by atoms with van der Waals surface area (Å²) in [6.45, 7) is 10.8. The molecule has 2 aromatic rings. The Morgan fingerprint density at radius 2 is 2.18 bits per heavy atom. The number of carbonyl (C=O) groups is 1. The first-order chi connectivity index (χ1) is 13.5. The Bertz CT molecular complexity index is 889. The maximum Gasteiger partial charge on any atom is 0.225 e. The summed E-state index contributed by atoms with van der Waals surface area (Å²) >= 11 is 0. The minimum absolute atomic E-state index is 0.00192. The highest BCUT2D eigenvalue weighted by atomic mass is 16.2. The molecule has 2 aliphatic rings. The predicted octanol–water partition coefficient (Wildman–Crippen LogP) is 2.56. The first-order valence-corrected chi connectivity index (χ1v) is 10.3. The number of hydrogen-bond donors (Lipinski definition) is 1. The molecule has 0 aliphatic carbocycles. The molecule has 2 unspecified atom stereocenters. The van der Waals surface area contributed by atoms with Crippen LogP contribution in [0, 0.1) is 20.8 Å². The van der Waals surface area contributed by atoms with E-state index in [1.165, 1.54) is 11.1 Å². The standard InChI is InChI=1S/C21H30N6O/c1-13(27-16(4)14(2)15(3)25-27)10-20(28)26-9-5-6-19(26)21-23-12-17-11-22-8-7-18(17)24-21/h12-13,19,22H,5-11H2,1-4H3. The lowest BCUT2D eigenvalue weighted by molar-refractivity contribution is -0.133. The van der Waals surface area contributed by atoms with Crippen molar-refractivity contribution in [3.63, 3.8) is 0 Å². The van der Waals surface area contributed by atoms with Gasteiger partial charge in [-0.2, -0.15) is 5.10 Å². The largest absolute Gasteiger partial charge is 0.332 e. The molecule has 0 spiro atoms. The molecule has 0 aromatic carbocycles. The number of carbonyl (C=O) groups excluding carboxylic acids is 1. The molecular formula is C21H30N6O. The van der Waals surface area contributed by atoms with Crippen LogP contribution >= 0.6 is 0 Å². The fraction of sp³-hybridized carbons (Fsp3) is 0.619. The van der Waals surface area contributed by atoms with Gasteiger partial charge in [-0.25, -0.2) is 9.97 Å². The highest BCUT2D eigenvalue weighted by molar-refractivity contribution is 5.77. The third-order valence-electron chi connectivity index (χ3n) is 6.27. The summed E-state index contributed by atoms with van der Waals surface area (Å²) in [7, 11) is 0. The van der Waals surface area contributed by atoms with E-state index in [2.05, 4.69) is 36.2 Å². The van der Waals surface area contributed by atoms with Crippen LogP contribution in [0.15, 0.2) is 6.20 Å². The Hall–Kier alpha value is -2.28. The first-order valence-electron chi connectivity index (χ1n) is 10.3. The topological polar surface area (TPSA) is 75.9 Å². The van der Waals surface area contributed by atoms with Crippen LogP contribution in [0.5, 0.6) is 0 Å². The van der Waals surface area contributed by atoms with E-state index < -0.39 is 0 Å². The molecule has 150 valence electrons. The molecule has 0 radical (unpaired) electrons. The minimum Gasteiger partial charge on any atom is -0.332 e. The number of rotatable bonds is 4. The number of aromatic nitrogens is 4. The zero-order chi connectivity index (χ0) is 19.8. The third kappa shape index (κ3) is 3.43. The van der Waals surface area contributed by atoms with Crippen molar-refractivity contribution in [3.05, 3.63) is 40.2 Å². The summed E-state index contributed by atoms with van der Waals surface area (Å²) in [6, 6.07) is 0.0405. The highest BCUT2D eigenvalue weighted by Gasteiger charge is 2.33. The van der Waals surface area contributed by atoms with Crippen LogP contribution in [0.4, 0.5) is 0 Å². The molecule has 2 aromatic heterocycles. The molecule has 1 saturated heterocycles. The molecule has 28 heavy (non-hydrogen) atoms. The number of nitrogens with one attached hydrogen (secondary N) is 1. The molecule has 4 rings (SSSR count). The lowest BCUT2D eigenvalue weighted by Crippen LogP contribution is -2.33. The lowest BCUT2D eigenvalue weighted by atomic mass is 10.1. The van der Waals surface area contributed by atoms with E-state index in [0.717, 1.165) is 61.8 Å². The van der Waals surface area contributed by atoms with Gasteiger partial charge in [0.1, 0.15) is 0 Å². The van der Waals surface area contributed by atoms with E-state index in [0.29, 0.717) is 6.42 Å². The molecule has 2 atom stereocenters. The van der Waals surface area contributed by atoms with Gasteiger partial charge in [0.05, 0.1) is 17.8 Å². The van der Waals surface area contributed by atoms with Crippen molar-refractivity contribution >= 4 is 5.91 Å². The van der Waals surface area contributed by atoms with Gasteiger partial charge in [0.15, 0.2) is 5.82 Å². The minimum atomic E-state index is 0.00192.